The van der Waals surface area contributed by atoms with Gasteiger partial charge in [-0.15, -0.1) is 0 Å². The van der Waals surface area contributed by atoms with Crippen molar-refractivity contribution in [2.75, 3.05) is 17.3 Å². The van der Waals surface area contributed by atoms with Gasteiger partial charge in [-0.3, -0.25) is 9.19 Å². The Kier molecular flexibility index (Phi) is 4.52. The number of hydrogen-bond donors (Lipinski definition) is 1. The highest BCUT2D eigenvalue weighted by Crippen LogP contribution is 2.30. The lowest BCUT2D eigenvalue weighted by atomic mass is 10.1. The van der Waals surface area contributed by atoms with E-state index in [2.05, 4.69) is 26.2 Å². The Balaban J connectivity index is 2.44. The van der Waals surface area contributed by atoms with Crippen molar-refractivity contribution in [1.29, 1.82) is 0 Å². The van der Waals surface area contributed by atoms with Crippen LogP contribution in [0.1, 0.15) is 6.92 Å². The van der Waals surface area contributed by atoms with Crippen LogP contribution in [0.3, 0.4) is 0 Å². The third-order valence-corrected chi connectivity index (χ3v) is 4.29. The predicted octanol–water partition coefficient (Wildman–Crippen LogP) is 3.32. The third-order valence-electron chi connectivity index (χ3n) is 2.68. The van der Waals surface area contributed by atoms with E-state index < -0.39 is 10.8 Å². The molecule has 1 heterocycles. The highest BCUT2D eigenvalue weighted by atomic mass is 79.9. The van der Waals surface area contributed by atoms with Crippen molar-refractivity contribution in [3.63, 3.8) is 0 Å². The predicted molar refractivity (Wildman–Crippen MR) is 81.4 cm³/mol. The molecule has 0 unspecified atom stereocenters. The quantitative estimate of drug-likeness (QED) is 0.924. The van der Waals surface area contributed by atoms with Crippen LogP contribution in [-0.4, -0.2) is 27.2 Å². The molecule has 0 radical (unpaired) electrons. The number of aromatic nitrogens is 1. The van der Waals surface area contributed by atoms with Crippen LogP contribution in [0.4, 0.5) is 10.1 Å². The zero-order valence-electron chi connectivity index (χ0n) is 10.6. The standard InChI is InChI=1S/C13H14BrFN2OS/c1-8(7-19(2)18)17-11-5-6-16-13-9(14)3-4-10(15)12(11)13/h3-6,8H,7H2,1-2H3,(H,16,17)/t8-,19+/m1/s1. The van der Waals surface area contributed by atoms with E-state index in [4.69, 9.17) is 0 Å². The monoisotopic (exact) mass is 344 g/mol. The maximum absolute atomic E-state index is 14.0. The largest absolute Gasteiger partial charge is 0.381 e. The van der Waals surface area contributed by atoms with Gasteiger partial charge < -0.3 is 5.32 Å². The molecular weight excluding hydrogens is 331 g/mol. The number of anilines is 1. The summed E-state index contributed by atoms with van der Waals surface area (Å²) < 4.78 is 25.9. The second-order valence-electron chi connectivity index (χ2n) is 4.40. The van der Waals surface area contributed by atoms with E-state index in [1.54, 1.807) is 24.6 Å². The summed E-state index contributed by atoms with van der Waals surface area (Å²) in [5.74, 6) is 0.193. The SMILES string of the molecule is C[C@H](C[S@](C)=O)Nc1ccnc2c(Br)ccc(F)c12. The number of rotatable bonds is 4. The number of nitrogens with one attached hydrogen (secondary N) is 1. The molecular formula is C13H14BrFN2OS. The van der Waals surface area contributed by atoms with E-state index in [0.29, 0.717) is 22.3 Å². The molecule has 2 rings (SSSR count). The molecule has 0 aliphatic rings. The van der Waals surface area contributed by atoms with Crippen LogP contribution in [0.15, 0.2) is 28.9 Å². The number of nitrogens with zero attached hydrogens (tertiary/aromatic N) is 1. The van der Waals surface area contributed by atoms with Gasteiger partial charge in [-0.2, -0.15) is 0 Å². The second-order valence-corrected chi connectivity index (χ2v) is 6.73. The van der Waals surface area contributed by atoms with Crippen molar-refractivity contribution in [3.05, 3.63) is 34.7 Å². The molecule has 0 saturated heterocycles. The Hall–Kier alpha value is -1.01. The average molecular weight is 345 g/mol. The fourth-order valence-electron chi connectivity index (χ4n) is 1.97. The molecule has 0 saturated carbocycles. The van der Waals surface area contributed by atoms with Gasteiger partial charge in [-0.05, 0) is 41.1 Å². The molecule has 2 atom stereocenters. The number of benzene rings is 1. The van der Waals surface area contributed by atoms with Gasteiger partial charge in [-0.25, -0.2) is 4.39 Å². The van der Waals surface area contributed by atoms with Gasteiger partial charge in [0.1, 0.15) is 5.82 Å². The van der Waals surface area contributed by atoms with Gasteiger partial charge in [-0.1, -0.05) is 0 Å². The lowest BCUT2D eigenvalue weighted by molar-refractivity contribution is 0.639. The summed E-state index contributed by atoms with van der Waals surface area (Å²) in [4.78, 5) is 4.18. The molecule has 0 bridgehead atoms. The van der Waals surface area contributed by atoms with E-state index in [9.17, 15) is 8.60 Å². The van der Waals surface area contributed by atoms with Gasteiger partial charge in [0.25, 0.3) is 0 Å². The first kappa shape index (κ1) is 14.4. The van der Waals surface area contributed by atoms with Gasteiger partial charge >= 0.3 is 0 Å². The molecule has 1 aromatic carbocycles. The van der Waals surface area contributed by atoms with Crippen LogP contribution in [0, 0.1) is 5.82 Å². The molecule has 0 amide bonds. The van der Waals surface area contributed by atoms with Crippen molar-refractivity contribution >= 4 is 43.3 Å². The molecule has 1 N–H and O–H groups in total. The van der Waals surface area contributed by atoms with Gasteiger partial charge in [0, 0.05) is 45.2 Å². The first-order valence-corrected chi connectivity index (χ1v) is 8.30. The molecule has 6 heteroatoms. The number of fused-ring (bicyclic) bond motifs is 1. The average Bonchev–Trinajstić information content (AvgIpc) is 2.33. The Bertz CT molecular complexity index is 635. The van der Waals surface area contributed by atoms with Crippen molar-refractivity contribution < 1.29 is 8.60 Å². The van der Waals surface area contributed by atoms with Crippen LogP contribution in [0.5, 0.6) is 0 Å². The molecule has 0 fully saturated rings. The Morgan fingerprint density at radius 2 is 2.21 bits per heavy atom. The summed E-state index contributed by atoms with van der Waals surface area (Å²) in [7, 11) is -0.894. The molecule has 0 aliphatic carbocycles. The molecule has 3 nitrogen and oxygen atoms in total. The van der Waals surface area contributed by atoms with Crippen LogP contribution in [0.2, 0.25) is 0 Å². The van der Waals surface area contributed by atoms with Crippen molar-refractivity contribution in [2.45, 2.75) is 13.0 Å². The highest BCUT2D eigenvalue weighted by molar-refractivity contribution is 9.10. The van der Waals surface area contributed by atoms with E-state index in [1.165, 1.54) is 6.07 Å². The smallest absolute Gasteiger partial charge is 0.134 e. The van der Waals surface area contributed by atoms with Crippen molar-refractivity contribution in [1.82, 2.24) is 4.98 Å². The third kappa shape index (κ3) is 3.30. The number of hydrogen-bond acceptors (Lipinski definition) is 3. The highest BCUT2D eigenvalue weighted by Gasteiger charge is 2.12. The summed E-state index contributed by atoms with van der Waals surface area (Å²) >= 11 is 3.37. The fraction of sp³-hybridized carbons (Fsp3) is 0.308. The maximum Gasteiger partial charge on any atom is 0.134 e. The van der Waals surface area contributed by atoms with E-state index in [-0.39, 0.29) is 11.9 Å². The van der Waals surface area contributed by atoms with E-state index in [0.717, 1.165) is 4.47 Å². The second kappa shape index (κ2) is 5.96. The van der Waals surface area contributed by atoms with E-state index in [1.807, 2.05) is 6.92 Å². The summed E-state index contributed by atoms with van der Waals surface area (Å²) in [6, 6.07) is 4.77. The fourth-order valence-corrected chi connectivity index (χ4v) is 3.19. The van der Waals surface area contributed by atoms with Crippen LogP contribution in [0.25, 0.3) is 10.9 Å². The van der Waals surface area contributed by atoms with Crippen LogP contribution in [-0.2, 0) is 10.8 Å². The first-order chi connectivity index (χ1) is 8.99. The summed E-state index contributed by atoms with van der Waals surface area (Å²) in [5.41, 5.74) is 1.25. The topological polar surface area (TPSA) is 42.0 Å². The molecule has 0 aliphatic heterocycles. The van der Waals surface area contributed by atoms with Crippen molar-refractivity contribution in [2.24, 2.45) is 0 Å². The molecule has 0 spiro atoms. The zero-order chi connectivity index (χ0) is 14.0. The lowest BCUT2D eigenvalue weighted by Crippen LogP contribution is -2.22. The molecule has 2 aromatic rings. The Morgan fingerprint density at radius 1 is 1.47 bits per heavy atom. The van der Waals surface area contributed by atoms with Gasteiger partial charge in [0.2, 0.25) is 0 Å². The minimum absolute atomic E-state index is 0.00480. The normalized spacial score (nSPS) is 14.3. The van der Waals surface area contributed by atoms with Crippen LogP contribution >= 0.6 is 15.9 Å². The maximum atomic E-state index is 14.0. The summed E-state index contributed by atoms with van der Waals surface area (Å²) in [6.45, 7) is 1.92. The van der Waals surface area contributed by atoms with Gasteiger partial charge in [0.05, 0.1) is 10.9 Å². The van der Waals surface area contributed by atoms with Crippen LogP contribution < -0.4 is 5.32 Å². The van der Waals surface area contributed by atoms with Crippen molar-refractivity contribution in [3.8, 4) is 0 Å². The Morgan fingerprint density at radius 3 is 2.89 bits per heavy atom. The molecule has 1 aromatic heterocycles. The Labute approximate surface area is 122 Å². The summed E-state index contributed by atoms with van der Waals surface area (Å²) in [5, 5.41) is 3.64. The first-order valence-electron chi connectivity index (χ1n) is 5.78. The molecule has 102 valence electrons. The van der Waals surface area contributed by atoms with E-state index >= 15 is 0 Å². The number of halogens is 2. The molecule has 19 heavy (non-hydrogen) atoms. The zero-order valence-corrected chi connectivity index (χ0v) is 13.0. The lowest BCUT2D eigenvalue weighted by Gasteiger charge is -2.16. The number of pyridine rings is 1. The minimum Gasteiger partial charge on any atom is -0.381 e. The summed E-state index contributed by atoms with van der Waals surface area (Å²) in [6.07, 6.45) is 3.28. The minimum atomic E-state index is -0.894. The van der Waals surface area contributed by atoms with Gasteiger partial charge in [0.15, 0.2) is 0 Å².